The Bertz CT molecular complexity index is 998. The Labute approximate surface area is 189 Å². The predicted octanol–water partition coefficient (Wildman–Crippen LogP) is 5.68. The number of fused-ring (bicyclic) bond motifs is 2. The van der Waals surface area contributed by atoms with Crippen molar-refractivity contribution < 1.29 is 0 Å². The third kappa shape index (κ3) is 3.53. The van der Waals surface area contributed by atoms with E-state index in [-0.39, 0.29) is 0 Å². The summed E-state index contributed by atoms with van der Waals surface area (Å²) >= 11 is 0. The van der Waals surface area contributed by atoms with Gasteiger partial charge in [0.15, 0.2) is 0 Å². The van der Waals surface area contributed by atoms with E-state index in [4.69, 9.17) is 0 Å². The van der Waals surface area contributed by atoms with Gasteiger partial charge >= 0.3 is 0 Å². The first-order valence-corrected chi connectivity index (χ1v) is 14.2. The average Bonchev–Trinajstić information content (AvgIpc) is 3.40. The van der Waals surface area contributed by atoms with Crippen LogP contribution in [-0.2, 0) is 0 Å². The summed E-state index contributed by atoms with van der Waals surface area (Å²) in [4.78, 5) is 0. The van der Waals surface area contributed by atoms with Crippen LogP contribution in [0.1, 0.15) is 36.0 Å². The Hall–Kier alpha value is -2.38. The lowest BCUT2D eigenvalue weighted by atomic mass is 9.91. The van der Waals surface area contributed by atoms with Crippen molar-refractivity contribution in [2.24, 2.45) is 17.8 Å². The molecule has 0 radical (unpaired) electrons. The van der Waals surface area contributed by atoms with E-state index in [9.17, 15) is 0 Å². The summed E-state index contributed by atoms with van der Waals surface area (Å²) in [5.41, 5.74) is 4.36. The molecule has 158 valence electrons. The van der Waals surface area contributed by atoms with Crippen molar-refractivity contribution in [3.8, 4) is 0 Å². The second kappa shape index (κ2) is 8.28. The molecule has 0 aromatic heterocycles. The molecular formula is C30H34Si. The molecule has 5 rings (SSSR count). The normalized spacial score (nSPS) is 22.2. The standard InChI is InChI=1S/C30H34Si/c1-22-10-4-7-13-28(22)31(29-14-8-5-11-23(29)2,30-15-9-6-12-24(30)3)19-18-27-21-25-16-17-26(27)20-25/h4-17,25-27H,18-21H2,1-3H3. The lowest BCUT2D eigenvalue weighted by molar-refractivity contribution is 0.433. The number of aryl methyl sites for hydroxylation is 3. The van der Waals surface area contributed by atoms with Gasteiger partial charge < -0.3 is 0 Å². The largest absolute Gasteiger partial charge is 0.149 e. The molecule has 0 spiro atoms. The molecule has 0 saturated heterocycles. The van der Waals surface area contributed by atoms with Gasteiger partial charge in [0, 0.05) is 0 Å². The van der Waals surface area contributed by atoms with Crippen molar-refractivity contribution in [2.75, 3.05) is 0 Å². The smallest absolute Gasteiger partial charge is 0.0851 e. The van der Waals surface area contributed by atoms with Crippen LogP contribution in [0.15, 0.2) is 84.9 Å². The van der Waals surface area contributed by atoms with E-state index in [0.29, 0.717) is 0 Å². The Morgan fingerprint density at radius 1 is 0.645 bits per heavy atom. The molecular weight excluding hydrogens is 388 g/mol. The molecule has 3 atom stereocenters. The highest BCUT2D eigenvalue weighted by Crippen LogP contribution is 2.46. The molecule has 1 saturated carbocycles. The summed E-state index contributed by atoms with van der Waals surface area (Å²) in [6.45, 7) is 6.98. The first-order chi connectivity index (χ1) is 15.1. The lowest BCUT2D eigenvalue weighted by Crippen LogP contribution is -2.69. The molecule has 2 aliphatic rings. The predicted molar refractivity (Wildman–Crippen MR) is 136 cm³/mol. The SMILES string of the molecule is Cc1ccccc1[Si](CCC1CC2C=CC1C2)(c1ccccc1C)c1ccccc1C. The highest BCUT2D eigenvalue weighted by Gasteiger charge is 2.44. The van der Waals surface area contributed by atoms with Crippen LogP contribution in [0.3, 0.4) is 0 Å². The van der Waals surface area contributed by atoms with Crippen LogP contribution >= 0.6 is 0 Å². The number of hydrogen-bond donors (Lipinski definition) is 0. The molecule has 3 aromatic carbocycles. The average molecular weight is 423 g/mol. The minimum atomic E-state index is -2.18. The van der Waals surface area contributed by atoms with Crippen molar-refractivity contribution in [3.05, 3.63) is 102 Å². The van der Waals surface area contributed by atoms with Crippen LogP contribution in [0.25, 0.3) is 0 Å². The molecule has 2 bridgehead atoms. The molecule has 3 aromatic rings. The minimum Gasteiger partial charge on any atom is -0.0851 e. The van der Waals surface area contributed by atoms with E-state index < -0.39 is 8.07 Å². The van der Waals surface area contributed by atoms with Crippen LogP contribution in [0.5, 0.6) is 0 Å². The number of rotatable bonds is 6. The Balaban J connectivity index is 1.71. The summed E-state index contributed by atoms with van der Waals surface area (Å²) in [5.74, 6) is 2.53. The van der Waals surface area contributed by atoms with Gasteiger partial charge in [-0.05, 0) is 73.0 Å². The maximum atomic E-state index is 2.53. The summed E-state index contributed by atoms with van der Waals surface area (Å²) in [6, 6.07) is 29.0. The quantitative estimate of drug-likeness (QED) is 0.272. The molecule has 0 nitrogen and oxygen atoms in total. The molecule has 0 amide bonds. The summed E-state index contributed by atoms with van der Waals surface area (Å²) in [5, 5.41) is 4.83. The highest BCUT2D eigenvalue weighted by atomic mass is 28.3. The number of benzene rings is 3. The number of hydrogen-bond acceptors (Lipinski definition) is 0. The zero-order valence-electron chi connectivity index (χ0n) is 19.1. The minimum absolute atomic E-state index is 0.822. The Morgan fingerprint density at radius 3 is 1.52 bits per heavy atom. The third-order valence-electron chi connectivity index (χ3n) is 8.12. The van der Waals surface area contributed by atoms with Crippen molar-refractivity contribution in [3.63, 3.8) is 0 Å². The Kier molecular flexibility index (Phi) is 5.48. The maximum absolute atomic E-state index is 2.53. The van der Waals surface area contributed by atoms with Gasteiger partial charge in [-0.2, -0.15) is 0 Å². The van der Waals surface area contributed by atoms with Gasteiger partial charge in [-0.25, -0.2) is 0 Å². The van der Waals surface area contributed by atoms with Crippen molar-refractivity contribution in [2.45, 2.75) is 46.1 Å². The topological polar surface area (TPSA) is 0 Å². The second-order valence-corrected chi connectivity index (χ2v) is 13.9. The Morgan fingerprint density at radius 2 is 1.13 bits per heavy atom. The van der Waals surface area contributed by atoms with E-state index in [1.54, 1.807) is 15.6 Å². The van der Waals surface area contributed by atoms with Gasteiger partial charge in [-0.1, -0.05) is 108 Å². The van der Waals surface area contributed by atoms with E-state index in [1.165, 1.54) is 42.0 Å². The lowest BCUT2D eigenvalue weighted by Gasteiger charge is -2.38. The first-order valence-electron chi connectivity index (χ1n) is 12.0. The molecule has 0 N–H and O–H groups in total. The van der Waals surface area contributed by atoms with Gasteiger partial charge in [0.2, 0.25) is 0 Å². The third-order valence-corrected chi connectivity index (χ3v) is 13.6. The fraction of sp³-hybridized carbons (Fsp3) is 0.333. The molecule has 2 aliphatic carbocycles. The molecule has 31 heavy (non-hydrogen) atoms. The van der Waals surface area contributed by atoms with E-state index in [2.05, 4.69) is 106 Å². The van der Waals surface area contributed by atoms with Crippen LogP contribution < -0.4 is 15.6 Å². The van der Waals surface area contributed by atoms with Crippen molar-refractivity contribution >= 4 is 23.6 Å². The maximum Gasteiger partial charge on any atom is 0.149 e. The van der Waals surface area contributed by atoms with E-state index in [1.807, 2.05) is 0 Å². The van der Waals surface area contributed by atoms with Crippen LogP contribution in [0.2, 0.25) is 6.04 Å². The van der Waals surface area contributed by atoms with E-state index in [0.717, 1.165) is 17.8 Å². The van der Waals surface area contributed by atoms with Gasteiger partial charge in [-0.3, -0.25) is 0 Å². The molecule has 1 heteroatoms. The molecule has 0 aliphatic heterocycles. The van der Waals surface area contributed by atoms with Crippen molar-refractivity contribution in [1.82, 2.24) is 0 Å². The summed E-state index contributed by atoms with van der Waals surface area (Å²) < 4.78 is 0. The highest BCUT2D eigenvalue weighted by molar-refractivity contribution is 7.12. The summed E-state index contributed by atoms with van der Waals surface area (Å²) in [7, 11) is -2.18. The fourth-order valence-corrected chi connectivity index (χ4v) is 12.5. The van der Waals surface area contributed by atoms with Crippen molar-refractivity contribution in [1.29, 1.82) is 0 Å². The van der Waals surface area contributed by atoms with Gasteiger partial charge in [-0.15, -0.1) is 0 Å². The summed E-state index contributed by atoms with van der Waals surface area (Å²) in [6.07, 6.45) is 9.15. The van der Waals surface area contributed by atoms with Crippen LogP contribution in [0, 0.1) is 38.5 Å². The zero-order valence-corrected chi connectivity index (χ0v) is 20.1. The van der Waals surface area contributed by atoms with Gasteiger partial charge in [0.25, 0.3) is 0 Å². The second-order valence-electron chi connectivity index (χ2n) is 9.93. The zero-order chi connectivity index (χ0) is 21.4. The monoisotopic (exact) mass is 422 g/mol. The molecule has 3 unspecified atom stereocenters. The van der Waals surface area contributed by atoms with Crippen LogP contribution in [-0.4, -0.2) is 8.07 Å². The van der Waals surface area contributed by atoms with Gasteiger partial charge in [0.05, 0.1) is 0 Å². The molecule has 1 fully saturated rings. The van der Waals surface area contributed by atoms with Gasteiger partial charge in [0.1, 0.15) is 8.07 Å². The van der Waals surface area contributed by atoms with Crippen LogP contribution in [0.4, 0.5) is 0 Å². The first kappa shape index (κ1) is 20.5. The molecule has 0 heterocycles. The number of allylic oxidation sites excluding steroid dienone is 2. The fourth-order valence-electron chi connectivity index (χ4n) is 6.62. The van der Waals surface area contributed by atoms with E-state index >= 15 is 0 Å².